The number of aromatic nitrogens is 3. The van der Waals surface area contributed by atoms with Gasteiger partial charge >= 0.3 is 0 Å². The molecule has 2 aliphatic heterocycles. The SMILES string of the molecule is CC1NC2c3c(sc4c3CCCC4)-n3cnnc3N2N1. The highest BCUT2D eigenvalue weighted by Crippen LogP contribution is 2.46. The van der Waals surface area contributed by atoms with Crippen LogP contribution in [0.3, 0.4) is 0 Å². The molecule has 2 aromatic rings. The molecule has 20 heavy (non-hydrogen) atoms. The van der Waals surface area contributed by atoms with Crippen LogP contribution in [0.15, 0.2) is 6.33 Å². The third kappa shape index (κ3) is 1.30. The minimum absolute atomic E-state index is 0.190. The van der Waals surface area contributed by atoms with Gasteiger partial charge in [0.25, 0.3) is 0 Å². The molecule has 3 aliphatic rings. The second-order valence-electron chi connectivity index (χ2n) is 5.72. The highest BCUT2D eigenvalue weighted by atomic mass is 32.1. The number of rotatable bonds is 0. The number of hydrogen-bond donors (Lipinski definition) is 2. The Bertz CT molecular complexity index is 689. The molecule has 2 unspecified atom stereocenters. The Kier molecular flexibility index (Phi) is 2.14. The van der Waals surface area contributed by atoms with Crippen LogP contribution in [0.25, 0.3) is 5.00 Å². The third-order valence-corrected chi connectivity index (χ3v) is 5.74. The molecule has 0 aromatic carbocycles. The first-order valence-corrected chi connectivity index (χ1v) is 8.01. The number of nitrogens with one attached hydrogen (secondary N) is 2. The molecule has 4 heterocycles. The minimum atomic E-state index is 0.190. The minimum Gasteiger partial charge on any atom is -0.276 e. The molecule has 0 saturated carbocycles. The number of anilines is 1. The Morgan fingerprint density at radius 3 is 3.20 bits per heavy atom. The van der Waals surface area contributed by atoms with E-state index in [4.69, 9.17) is 0 Å². The van der Waals surface area contributed by atoms with Crippen molar-refractivity contribution < 1.29 is 0 Å². The van der Waals surface area contributed by atoms with Crippen LogP contribution in [-0.2, 0) is 12.8 Å². The fraction of sp³-hybridized carbons (Fsp3) is 0.538. The standard InChI is InChI=1S/C13H16N6S/c1-7-15-11-10-8-4-2-3-5-9(8)20-12(10)18-6-14-16-13(18)19(11)17-7/h6-7,11,15,17H,2-5H2,1H3. The second kappa shape index (κ2) is 3.81. The van der Waals surface area contributed by atoms with E-state index < -0.39 is 0 Å². The lowest BCUT2D eigenvalue weighted by Gasteiger charge is -2.30. The zero-order valence-corrected chi connectivity index (χ0v) is 12.1. The van der Waals surface area contributed by atoms with Gasteiger partial charge in [-0.3, -0.25) is 14.9 Å². The van der Waals surface area contributed by atoms with Crippen molar-refractivity contribution in [1.82, 2.24) is 25.5 Å². The van der Waals surface area contributed by atoms with Crippen molar-refractivity contribution in [2.45, 2.75) is 44.9 Å². The van der Waals surface area contributed by atoms with E-state index in [9.17, 15) is 0 Å². The van der Waals surface area contributed by atoms with E-state index in [0.29, 0.717) is 0 Å². The van der Waals surface area contributed by atoms with Crippen LogP contribution in [0.5, 0.6) is 0 Å². The second-order valence-corrected chi connectivity index (χ2v) is 6.80. The molecule has 2 aromatic heterocycles. The van der Waals surface area contributed by atoms with Gasteiger partial charge in [-0.1, -0.05) is 0 Å². The topological polar surface area (TPSA) is 58.0 Å². The Hall–Kier alpha value is -1.44. The van der Waals surface area contributed by atoms with Crippen molar-refractivity contribution in [3.63, 3.8) is 0 Å². The lowest BCUT2D eigenvalue weighted by atomic mass is 9.94. The smallest absolute Gasteiger partial charge is 0.248 e. The fourth-order valence-electron chi connectivity index (χ4n) is 3.59. The van der Waals surface area contributed by atoms with Gasteiger partial charge in [-0.05, 0) is 38.2 Å². The molecule has 0 bridgehead atoms. The maximum absolute atomic E-state index is 4.28. The summed E-state index contributed by atoms with van der Waals surface area (Å²) in [6, 6.07) is 0. The Morgan fingerprint density at radius 1 is 1.35 bits per heavy atom. The molecular formula is C13H16N6S. The van der Waals surface area contributed by atoms with Crippen LogP contribution < -0.4 is 15.8 Å². The Balaban J connectivity index is 1.79. The van der Waals surface area contributed by atoms with Crippen LogP contribution in [0.2, 0.25) is 0 Å². The number of aryl methyl sites for hydroxylation is 1. The number of hydrogen-bond acceptors (Lipinski definition) is 6. The van der Waals surface area contributed by atoms with Gasteiger partial charge < -0.3 is 0 Å². The van der Waals surface area contributed by atoms with Gasteiger partial charge in [-0.25, -0.2) is 5.43 Å². The first-order valence-electron chi connectivity index (χ1n) is 7.19. The van der Waals surface area contributed by atoms with E-state index in [1.807, 2.05) is 17.7 Å². The van der Waals surface area contributed by atoms with Crippen molar-refractivity contribution in [1.29, 1.82) is 0 Å². The van der Waals surface area contributed by atoms with E-state index >= 15 is 0 Å². The highest BCUT2D eigenvalue weighted by molar-refractivity contribution is 7.15. The van der Waals surface area contributed by atoms with E-state index in [-0.39, 0.29) is 12.3 Å². The van der Waals surface area contributed by atoms with Crippen LogP contribution in [0.1, 0.15) is 41.9 Å². The van der Waals surface area contributed by atoms with Crippen molar-refractivity contribution in [3.05, 3.63) is 22.3 Å². The van der Waals surface area contributed by atoms with Gasteiger partial charge in [0.2, 0.25) is 5.95 Å². The zero-order chi connectivity index (χ0) is 13.3. The summed E-state index contributed by atoms with van der Waals surface area (Å²) in [5.41, 5.74) is 6.44. The maximum Gasteiger partial charge on any atom is 0.248 e. The molecule has 1 aliphatic carbocycles. The van der Waals surface area contributed by atoms with Crippen LogP contribution in [0, 0.1) is 0 Å². The predicted molar refractivity (Wildman–Crippen MR) is 76.8 cm³/mol. The molecule has 0 radical (unpaired) electrons. The Morgan fingerprint density at radius 2 is 2.25 bits per heavy atom. The van der Waals surface area contributed by atoms with Crippen molar-refractivity contribution in [2.24, 2.45) is 0 Å². The van der Waals surface area contributed by atoms with Gasteiger partial charge in [0.15, 0.2) is 0 Å². The maximum atomic E-state index is 4.28. The molecule has 5 rings (SSSR count). The molecular weight excluding hydrogens is 272 g/mol. The summed E-state index contributed by atoms with van der Waals surface area (Å²) in [5.74, 6) is 0.887. The van der Waals surface area contributed by atoms with Gasteiger partial charge in [0, 0.05) is 10.4 Å². The van der Waals surface area contributed by atoms with E-state index in [1.165, 1.54) is 36.2 Å². The molecule has 0 spiro atoms. The number of nitrogens with zero attached hydrogens (tertiary/aromatic N) is 4. The largest absolute Gasteiger partial charge is 0.276 e. The molecule has 2 N–H and O–H groups in total. The summed E-state index contributed by atoms with van der Waals surface area (Å²) in [4.78, 5) is 1.56. The summed E-state index contributed by atoms with van der Waals surface area (Å²) in [6.07, 6.45) is 7.32. The Labute approximate surface area is 120 Å². The molecule has 1 saturated heterocycles. The lowest BCUT2D eigenvalue weighted by Crippen LogP contribution is -2.39. The number of hydrazine groups is 1. The molecule has 7 heteroatoms. The van der Waals surface area contributed by atoms with Gasteiger partial charge in [0.1, 0.15) is 17.5 Å². The number of fused-ring (bicyclic) bond motifs is 8. The molecule has 104 valence electrons. The molecule has 0 amide bonds. The molecule has 6 nitrogen and oxygen atoms in total. The normalized spacial score (nSPS) is 26.9. The third-order valence-electron chi connectivity index (χ3n) is 4.43. The molecule has 2 atom stereocenters. The van der Waals surface area contributed by atoms with Crippen molar-refractivity contribution >= 4 is 17.3 Å². The van der Waals surface area contributed by atoms with Gasteiger partial charge in [0.05, 0.1) is 6.17 Å². The quantitative estimate of drug-likeness (QED) is 0.769. The van der Waals surface area contributed by atoms with Gasteiger partial charge in [-0.2, -0.15) is 0 Å². The van der Waals surface area contributed by atoms with Gasteiger partial charge in [-0.15, -0.1) is 21.5 Å². The first kappa shape index (κ1) is 11.2. The average Bonchev–Trinajstić information content (AvgIpc) is 3.11. The van der Waals surface area contributed by atoms with Crippen molar-refractivity contribution in [2.75, 3.05) is 5.01 Å². The van der Waals surface area contributed by atoms with Crippen molar-refractivity contribution in [3.8, 4) is 5.00 Å². The van der Waals surface area contributed by atoms with E-state index in [1.54, 1.807) is 10.4 Å². The highest BCUT2D eigenvalue weighted by Gasteiger charge is 2.42. The van der Waals surface area contributed by atoms with E-state index in [2.05, 4.69) is 37.4 Å². The molecule has 1 fully saturated rings. The summed E-state index contributed by atoms with van der Waals surface area (Å²) >= 11 is 1.92. The lowest BCUT2D eigenvalue weighted by molar-refractivity contribution is 0.560. The first-order chi connectivity index (χ1) is 9.83. The fourth-order valence-corrected chi connectivity index (χ4v) is 4.98. The summed E-state index contributed by atoms with van der Waals surface area (Å²) < 4.78 is 2.13. The zero-order valence-electron chi connectivity index (χ0n) is 11.3. The van der Waals surface area contributed by atoms with Crippen LogP contribution in [-0.4, -0.2) is 20.9 Å². The summed E-state index contributed by atoms with van der Waals surface area (Å²) in [7, 11) is 0. The monoisotopic (exact) mass is 288 g/mol. The van der Waals surface area contributed by atoms with E-state index in [0.717, 1.165) is 5.95 Å². The number of thiophene rings is 1. The summed E-state index contributed by atoms with van der Waals surface area (Å²) in [6.45, 7) is 2.14. The van der Waals surface area contributed by atoms with Crippen LogP contribution >= 0.6 is 11.3 Å². The predicted octanol–water partition coefficient (Wildman–Crippen LogP) is 1.48. The average molecular weight is 288 g/mol. The van der Waals surface area contributed by atoms with Crippen LogP contribution in [0.4, 0.5) is 5.95 Å². The summed E-state index contributed by atoms with van der Waals surface area (Å²) in [5, 5.41) is 15.4.